The van der Waals surface area contributed by atoms with Crippen molar-refractivity contribution >= 4 is 11.5 Å². The van der Waals surface area contributed by atoms with E-state index in [0.29, 0.717) is 5.92 Å². The van der Waals surface area contributed by atoms with Crippen molar-refractivity contribution in [1.29, 1.82) is 0 Å². The Morgan fingerprint density at radius 3 is 3.17 bits per heavy atom. The quantitative estimate of drug-likeness (QED) is 0.653. The second-order valence-corrected chi connectivity index (χ2v) is 3.59. The molecular weight excluding hydrogens is 154 g/mol. The Morgan fingerprint density at radius 2 is 2.50 bits per heavy atom. The molecule has 0 saturated heterocycles. The molecule has 0 aromatic rings. The van der Waals surface area contributed by atoms with E-state index in [1.807, 2.05) is 0 Å². The van der Waals surface area contributed by atoms with Crippen molar-refractivity contribution in [1.82, 2.24) is 0 Å². The zero-order chi connectivity index (χ0) is 8.55. The summed E-state index contributed by atoms with van der Waals surface area (Å²) in [6.07, 6.45) is 4.34. The SMILES string of the molecule is O=C(CO)C1CC2CCCC2=N1. The van der Waals surface area contributed by atoms with Gasteiger partial charge in [-0.15, -0.1) is 0 Å². The first-order valence-electron chi connectivity index (χ1n) is 4.51. The van der Waals surface area contributed by atoms with Gasteiger partial charge in [0.25, 0.3) is 0 Å². The van der Waals surface area contributed by atoms with Gasteiger partial charge in [-0.25, -0.2) is 0 Å². The van der Waals surface area contributed by atoms with Gasteiger partial charge in [0.1, 0.15) is 12.6 Å². The van der Waals surface area contributed by atoms with Crippen LogP contribution in [-0.2, 0) is 4.79 Å². The van der Waals surface area contributed by atoms with Gasteiger partial charge in [0.2, 0.25) is 0 Å². The molecule has 2 aliphatic rings. The number of rotatable bonds is 2. The maximum absolute atomic E-state index is 11.1. The third-order valence-corrected chi connectivity index (χ3v) is 2.81. The fraction of sp³-hybridized carbons (Fsp3) is 0.778. The Labute approximate surface area is 71.5 Å². The first kappa shape index (κ1) is 7.92. The molecule has 0 aromatic heterocycles. The van der Waals surface area contributed by atoms with Crippen LogP contribution in [0.3, 0.4) is 0 Å². The van der Waals surface area contributed by atoms with Crippen LogP contribution in [0.4, 0.5) is 0 Å². The summed E-state index contributed by atoms with van der Waals surface area (Å²) in [7, 11) is 0. The summed E-state index contributed by atoms with van der Waals surface area (Å²) in [6.45, 7) is -0.353. The molecule has 3 heteroatoms. The molecule has 1 aliphatic carbocycles. The van der Waals surface area contributed by atoms with Crippen molar-refractivity contribution in [3.8, 4) is 0 Å². The number of nitrogens with zero attached hydrogens (tertiary/aromatic N) is 1. The minimum absolute atomic E-state index is 0.114. The van der Waals surface area contributed by atoms with E-state index >= 15 is 0 Å². The van der Waals surface area contributed by atoms with Gasteiger partial charge in [-0.05, 0) is 31.6 Å². The van der Waals surface area contributed by atoms with Crippen LogP contribution in [0.25, 0.3) is 0 Å². The molecule has 0 amide bonds. The maximum atomic E-state index is 11.1. The van der Waals surface area contributed by atoms with Crippen LogP contribution in [0.15, 0.2) is 4.99 Å². The van der Waals surface area contributed by atoms with Crippen molar-refractivity contribution in [2.45, 2.75) is 31.7 Å². The molecule has 1 saturated carbocycles. The molecule has 0 spiro atoms. The number of carbonyl (C=O) groups is 1. The average molecular weight is 167 g/mol. The Morgan fingerprint density at radius 1 is 1.67 bits per heavy atom. The highest BCUT2D eigenvalue weighted by molar-refractivity contribution is 5.96. The zero-order valence-electron chi connectivity index (χ0n) is 6.99. The highest BCUT2D eigenvalue weighted by Crippen LogP contribution is 2.33. The number of hydrogen-bond donors (Lipinski definition) is 1. The van der Waals surface area contributed by atoms with E-state index in [1.165, 1.54) is 18.6 Å². The normalized spacial score (nSPS) is 33.2. The van der Waals surface area contributed by atoms with Gasteiger partial charge in [0.05, 0.1) is 0 Å². The largest absolute Gasteiger partial charge is 0.388 e. The van der Waals surface area contributed by atoms with E-state index in [0.717, 1.165) is 12.8 Å². The van der Waals surface area contributed by atoms with Gasteiger partial charge in [-0.1, -0.05) is 0 Å². The highest BCUT2D eigenvalue weighted by atomic mass is 16.3. The second kappa shape index (κ2) is 2.98. The lowest BCUT2D eigenvalue weighted by molar-refractivity contribution is -0.122. The summed E-state index contributed by atoms with van der Waals surface area (Å²) >= 11 is 0. The first-order valence-corrected chi connectivity index (χ1v) is 4.51. The predicted octanol–water partition coefficient (Wildman–Crippen LogP) is 0.561. The maximum Gasteiger partial charge on any atom is 0.182 e. The van der Waals surface area contributed by atoms with E-state index in [4.69, 9.17) is 5.11 Å². The third kappa shape index (κ3) is 1.18. The molecule has 1 heterocycles. The summed E-state index contributed by atoms with van der Waals surface area (Å²) in [5.41, 5.74) is 1.22. The first-order chi connectivity index (χ1) is 5.81. The number of ketones is 1. The third-order valence-electron chi connectivity index (χ3n) is 2.81. The topological polar surface area (TPSA) is 49.7 Å². The van der Waals surface area contributed by atoms with Crippen LogP contribution < -0.4 is 0 Å². The van der Waals surface area contributed by atoms with Gasteiger partial charge in [0, 0.05) is 5.71 Å². The number of aliphatic imine (C=N–C) groups is 1. The van der Waals surface area contributed by atoms with E-state index in [1.54, 1.807) is 0 Å². The van der Waals surface area contributed by atoms with Crippen LogP contribution in [0, 0.1) is 5.92 Å². The van der Waals surface area contributed by atoms with Crippen molar-refractivity contribution < 1.29 is 9.90 Å². The van der Waals surface area contributed by atoms with E-state index in [9.17, 15) is 4.79 Å². The molecule has 1 aliphatic heterocycles. The lowest BCUT2D eigenvalue weighted by Gasteiger charge is -2.04. The lowest BCUT2D eigenvalue weighted by atomic mass is 10.00. The minimum Gasteiger partial charge on any atom is -0.388 e. The summed E-state index contributed by atoms with van der Waals surface area (Å²) in [5, 5.41) is 8.64. The van der Waals surface area contributed by atoms with Gasteiger partial charge >= 0.3 is 0 Å². The number of carbonyl (C=O) groups excluding carboxylic acids is 1. The zero-order valence-corrected chi connectivity index (χ0v) is 6.99. The summed E-state index contributed by atoms with van der Waals surface area (Å²) in [6, 6.07) is -0.213. The molecule has 2 atom stereocenters. The molecule has 0 radical (unpaired) electrons. The van der Waals surface area contributed by atoms with Crippen LogP contribution in [0.1, 0.15) is 25.7 Å². The molecule has 2 unspecified atom stereocenters. The van der Waals surface area contributed by atoms with Gasteiger partial charge < -0.3 is 5.11 Å². The van der Waals surface area contributed by atoms with E-state index in [-0.39, 0.29) is 18.4 Å². The van der Waals surface area contributed by atoms with Crippen LogP contribution in [0.2, 0.25) is 0 Å². The molecule has 3 nitrogen and oxygen atoms in total. The number of Topliss-reactive ketones (excluding diaryl/α,β-unsaturated/α-hetero) is 1. The molecule has 0 aromatic carbocycles. The minimum atomic E-state index is -0.353. The van der Waals surface area contributed by atoms with Crippen LogP contribution >= 0.6 is 0 Å². The van der Waals surface area contributed by atoms with Crippen molar-refractivity contribution in [3.05, 3.63) is 0 Å². The van der Waals surface area contributed by atoms with Crippen molar-refractivity contribution in [3.63, 3.8) is 0 Å². The Bertz CT molecular complexity index is 235. The highest BCUT2D eigenvalue weighted by Gasteiger charge is 2.34. The van der Waals surface area contributed by atoms with Crippen molar-refractivity contribution in [2.24, 2.45) is 10.9 Å². The molecule has 2 rings (SSSR count). The Hall–Kier alpha value is -0.700. The standard InChI is InChI=1S/C9H13NO2/c11-5-9(12)8-4-6-2-1-3-7(6)10-8/h6,8,11H,1-5H2. The lowest BCUT2D eigenvalue weighted by Crippen LogP contribution is -2.20. The average Bonchev–Trinajstić information content (AvgIpc) is 2.60. The van der Waals surface area contributed by atoms with Gasteiger partial charge in [-0.2, -0.15) is 0 Å². The Kier molecular flexibility index (Phi) is 1.97. The van der Waals surface area contributed by atoms with Crippen LogP contribution in [0.5, 0.6) is 0 Å². The summed E-state index contributed by atoms with van der Waals surface area (Å²) in [4.78, 5) is 15.4. The Balaban J connectivity index is 2.06. The van der Waals surface area contributed by atoms with E-state index in [2.05, 4.69) is 4.99 Å². The monoisotopic (exact) mass is 167 g/mol. The molecular formula is C9H13NO2. The fourth-order valence-electron chi connectivity index (χ4n) is 2.16. The molecule has 0 bridgehead atoms. The van der Waals surface area contributed by atoms with Gasteiger partial charge in [0.15, 0.2) is 5.78 Å². The predicted molar refractivity (Wildman–Crippen MR) is 45.3 cm³/mol. The summed E-state index contributed by atoms with van der Waals surface area (Å²) in [5.74, 6) is 0.447. The van der Waals surface area contributed by atoms with Gasteiger partial charge in [-0.3, -0.25) is 9.79 Å². The van der Waals surface area contributed by atoms with E-state index < -0.39 is 0 Å². The second-order valence-electron chi connectivity index (χ2n) is 3.59. The fourth-order valence-corrected chi connectivity index (χ4v) is 2.16. The number of aliphatic hydroxyl groups is 1. The molecule has 12 heavy (non-hydrogen) atoms. The van der Waals surface area contributed by atoms with Crippen molar-refractivity contribution in [2.75, 3.05) is 6.61 Å². The smallest absolute Gasteiger partial charge is 0.182 e. The van der Waals surface area contributed by atoms with Crippen LogP contribution in [-0.4, -0.2) is 29.3 Å². The molecule has 66 valence electrons. The number of aliphatic hydroxyl groups excluding tert-OH is 1. The number of fused-ring (bicyclic) bond motifs is 1. The summed E-state index contributed by atoms with van der Waals surface area (Å²) < 4.78 is 0. The number of hydrogen-bond acceptors (Lipinski definition) is 3. The molecule has 1 fully saturated rings. The molecule has 1 N–H and O–H groups in total.